The molecule has 1 saturated carbocycles. The Morgan fingerprint density at radius 2 is 2.06 bits per heavy atom. The second-order valence-electron chi connectivity index (χ2n) is 6.60. The van der Waals surface area contributed by atoms with Crippen molar-refractivity contribution in [3.8, 4) is 0 Å². The average molecular weight is 218 g/mol. The molecule has 0 aliphatic heterocycles. The van der Waals surface area contributed by atoms with Crippen molar-refractivity contribution < 1.29 is 0 Å². The maximum atomic E-state index is 4.18. The third kappa shape index (κ3) is 1.58. The van der Waals surface area contributed by atoms with Gasteiger partial charge in [0.2, 0.25) is 0 Å². The Balaban J connectivity index is 2.33. The molecule has 0 heteroatoms. The molecule has 0 nitrogen and oxygen atoms in total. The minimum absolute atomic E-state index is 0.424. The molecule has 2 aliphatic rings. The lowest BCUT2D eigenvalue weighted by Gasteiger charge is -2.55. The van der Waals surface area contributed by atoms with Crippen molar-refractivity contribution in [2.24, 2.45) is 16.7 Å². The largest absolute Gasteiger partial charge is 0.0999 e. The van der Waals surface area contributed by atoms with E-state index in [1.807, 2.05) is 0 Å². The van der Waals surface area contributed by atoms with Crippen LogP contribution in [0.5, 0.6) is 0 Å². The second kappa shape index (κ2) is 3.75. The molecule has 16 heavy (non-hydrogen) atoms. The van der Waals surface area contributed by atoms with Crippen LogP contribution in [0.25, 0.3) is 0 Å². The molecule has 0 aromatic rings. The van der Waals surface area contributed by atoms with Gasteiger partial charge in [0.1, 0.15) is 0 Å². The molecular weight excluding hydrogens is 192 g/mol. The molecule has 90 valence electrons. The maximum Gasteiger partial charge on any atom is -0.00596 e. The van der Waals surface area contributed by atoms with E-state index in [0.717, 1.165) is 5.92 Å². The van der Waals surface area contributed by atoms with Gasteiger partial charge < -0.3 is 0 Å². The molecule has 0 saturated heterocycles. The van der Waals surface area contributed by atoms with Gasteiger partial charge in [-0.05, 0) is 62.7 Å². The number of fused-ring (bicyclic) bond motifs is 1. The van der Waals surface area contributed by atoms with Crippen molar-refractivity contribution in [2.75, 3.05) is 0 Å². The predicted molar refractivity (Wildman–Crippen MR) is 71.4 cm³/mol. The molecule has 0 amide bonds. The lowest BCUT2D eigenvalue weighted by Crippen LogP contribution is -2.45. The topological polar surface area (TPSA) is 0 Å². The molecule has 0 N–H and O–H groups in total. The first-order valence-corrected chi connectivity index (χ1v) is 6.72. The molecule has 2 aliphatic carbocycles. The van der Waals surface area contributed by atoms with Crippen LogP contribution in [0.3, 0.4) is 0 Å². The van der Waals surface area contributed by atoms with Crippen molar-refractivity contribution in [1.29, 1.82) is 0 Å². The van der Waals surface area contributed by atoms with Crippen LogP contribution in [0.15, 0.2) is 23.8 Å². The van der Waals surface area contributed by atoms with Gasteiger partial charge in [-0.2, -0.15) is 0 Å². The van der Waals surface area contributed by atoms with Gasteiger partial charge in [0.15, 0.2) is 0 Å². The third-order valence-electron chi connectivity index (χ3n) is 5.75. The van der Waals surface area contributed by atoms with Gasteiger partial charge in [0, 0.05) is 0 Å². The fourth-order valence-electron chi connectivity index (χ4n) is 3.90. The highest BCUT2D eigenvalue weighted by Gasteiger charge is 2.50. The van der Waals surface area contributed by atoms with Crippen molar-refractivity contribution in [3.05, 3.63) is 23.8 Å². The highest BCUT2D eigenvalue weighted by atomic mass is 14.5. The number of allylic oxidation sites excluding steroid dienone is 3. The van der Waals surface area contributed by atoms with E-state index < -0.39 is 0 Å². The molecule has 0 aromatic heterocycles. The highest BCUT2D eigenvalue weighted by Crippen LogP contribution is 2.60. The number of rotatable bonds is 1. The smallest absolute Gasteiger partial charge is 0.00596 e. The van der Waals surface area contributed by atoms with Crippen molar-refractivity contribution >= 4 is 0 Å². The zero-order valence-electron chi connectivity index (χ0n) is 11.4. The number of hydrogen-bond acceptors (Lipinski definition) is 0. The van der Waals surface area contributed by atoms with Crippen LogP contribution >= 0.6 is 0 Å². The summed E-state index contributed by atoms with van der Waals surface area (Å²) >= 11 is 0. The monoisotopic (exact) mass is 218 g/mol. The summed E-state index contributed by atoms with van der Waals surface area (Å²) in [4.78, 5) is 0. The zero-order valence-corrected chi connectivity index (χ0v) is 11.4. The van der Waals surface area contributed by atoms with E-state index in [-0.39, 0.29) is 0 Å². The fraction of sp³-hybridized carbons (Fsp3) is 0.750. The molecule has 2 rings (SSSR count). The molecule has 0 spiro atoms. The first kappa shape index (κ1) is 12.0. The molecule has 2 unspecified atom stereocenters. The van der Waals surface area contributed by atoms with E-state index in [2.05, 4.69) is 40.3 Å². The standard InChI is InChI=1S/C16H26/c1-12(2)14-8-10-15(4)9-6-7-13(3)16(15,5)11-14/h7,14H,1,6,8-11H2,2-5H3/t14?,15?,16-/m1/s1. The first-order chi connectivity index (χ1) is 7.39. The second-order valence-corrected chi connectivity index (χ2v) is 6.60. The van der Waals surface area contributed by atoms with E-state index in [0.29, 0.717) is 10.8 Å². The van der Waals surface area contributed by atoms with Crippen molar-refractivity contribution in [1.82, 2.24) is 0 Å². The van der Waals surface area contributed by atoms with Gasteiger partial charge in [-0.3, -0.25) is 0 Å². The molecular formula is C16H26. The summed E-state index contributed by atoms with van der Waals surface area (Å²) in [5, 5.41) is 0. The summed E-state index contributed by atoms with van der Waals surface area (Å²) < 4.78 is 0. The summed E-state index contributed by atoms with van der Waals surface area (Å²) in [5.41, 5.74) is 3.99. The molecule has 0 bridgehead atoms. The van der Waals surface area contributed by atoms with Crippen LogP contribution in [0.2, 0.25) is 0 Å². The Kier molecular flexibility index (Phi) is 2.80. The number of hydrogen-bond donors (Lipinski definition) is 0. The summed E-state index contributed by atoms with van der Waals surface area (Å²) in [6, 6.07) is 0. The van der Waals surface area contributed by atoms with E-state index in [1.54, 1.807) is 5.57 Å². The van der Waals surface area contributed by atoms with Crippen LogP contribution < -0.4 is 0 Å². The van der Waals surface area contributed by atoms with Crippen molar-refractivity contribution in [2.45, 2.75) is 59.8 Å². The van der Waals surface area contributed by atoms with Crippen LogP contribution in [0.1, 0.15) is 59.8 Å². The van der Waals surface area contributed by atoms with E-state index in [4.69, 9.17) is 0 Å². The van der Waals surface area contributed by atoms with Gasteiger partial charge >= 0.3 is 0 Å². The molecule has 1 fully saturated rings. The summed E-state index contributed by atoms with van der Waals surface area (Å²) in [7, 11) is 0. The molecule has 3 atom stereocenters. The van der Waals surface area contributed by atoms with Crippen molar-refractivity contribution in [3.63, 3.8) is 0 Å². The lowest BCUT2D eigenvalue weighted by atomic mass is 9.49. The summed E-state index contributed by atoms with van der Waals surface area (Å²) in [6.45, 7) is 13.7. The summed E-state index contributed by atoms with van der Waals surface area (Å²) in [5.74, 6) is 0.750. The average Bonchev–Trinajstić information content (AvgIpc) is 2.20. The van der Waals surface area contributed by atoms with Gasteiger partial charge in [0.05, 0.1) is 0 Å². The Morgan fingerprint density at radius 3 is 2.69 bits per heavy atom. The zero-order chi connectivity index (χ0) is 12.0. The van der Waals surface area contributed by atoms with Crippen LogP contribution in [-0.4, -0.2) is 0 Å². The molecule has 0 aromatic carbocycles. The van der Waals surface area contributed by atoms with E-state index >= 15 is 0 Å². The lowest BCUT2D eigenvalue weighted by molar-refractivity contribution is 0.0134. The predicted octanol–water partition coefficient (Wildman–Crippen LogP) is 5.12. The van der Waals surface area contributed by atoms with Crippen LogP contribution in [-0.2, 0) is 0 Å². The Morgan fingerprint density at radius 1 is 1.38 bits per heavy atom. The molecule has 0 heterocycles. The van der Waals surface area contributed by atoms with Gasteiger partial charge in [-0.1, -0.05) is 37.6 Å². The van der Waals surface area contributed by atoms with Gasteiger partial charge in [-0.15, -0.1) is 0 Å². The quantitative estimate of drug-likeness (QED) is 0.536. The fourth-order valence-corrected chi connectivity index (χ4v) is 3.90. The summed E-state index contributed by atoms with van der Waals surface area (Å²) in [6.07, 6.45) is 9.20. The van der Waals surface area contributed by atoms with Crippen LogP contribution in [0, 0.1) is 16.7 Å². The van der Waals surface area contributed by atoms with E-state index in [9.17, 15) is 0 Å². The van der Waals surface area contributed by atoms with Gasteiger partial charge in [-0.25, -0.2) is 0 Å². The Labute approximate surface area is 101 Å². The van der Waals surface area contributed by atoms with Crippen LogP contribution in [0.4, 0.5) is 0 Å². The molecule has 0 radical (unpaired) electrons. The van der Waals surface area contributed by atoms with E-state index in [1.165, 1.54) is 37.7 Å². The SMILES string of the molecule is C=C(C)C1CCC2(C)CCC=C(C)[C@@]2(C)C1. The highest BCUT2D eigenvalue weighted by molar-refractivity contribution is 5.23. The first-order valence-electron chi connectivity index (χ1n) is 6.72. The Bertz CT molecular complexity index is 336. The minimum atomic E-state index is 0.424. The maximum absolute atomic E-state index is 4.18. The third-order valence-corrected chi connectivity index (χ3v) is 5.75. The van der Waals surface area contributed by atoms with Gasteiger partial charge in [0.25, 0.3) is 0 Å². The Hall–Kier alpha value is -0.520. The normalized spacial score (nSPS) is 43.5. The minimum Gasteiger partial charge on any atom is -0.0999 e.